The number of carbonyl (C=O) groups excluding carboxylic acids is 1. The number of rotatable bonds is 8. The van der Waals surface area contributed by atoms with E-state index in [1.165, 1.54) is 0 Å². The van der Waals surface area contributed by atoms with Gasteiger partial charge in [0.05, 0.1) is 5.75 Å². The summed E-state index contributed by atoms with van der Waals surface area (Å²) in [6.45, 7) is -0.214. The zero-order valence-electron chi connectivity index (χ0n) is 8.42. The standard InChI is InChI=1S/C7H14N2O6S/c8-6(10)2-1-5(7(11)12)9-3-4-16(13,14)15/h5,9H,1-4H2,(H2,8,10)(H,11,12)(H,13,14,15)/t5-/m1/s1. The molecule has 0 aromatic rings. The minimum Gasteiger partial charge on any atom is -0.480 e. The van der Waals surface area contributed by atoms with Crippen molar-refractivity contribution in [2.75, 3.05) is 12.3 Å². The highest BCUT2D eigenvalue weighted by Gasteiger charge is 2.18. The fraction of sp³-hybridized carbons (Fsp3) is 0.714. The second-order valence-electron chi connectivity index (χ2n) is 3.14. The summed E-state index contributed by atoms with van der Waals surface area (Å²) in [5.74, 6) is -2.44. The molecule has 0 aliphatic rings. The topological polar surface area (TPSA) is 147 Å². The molecule has 0 saturated heterocycles. The van der Waals surface area contributed by atoms with Crippen molar-refractivity contribution in [3.63, 3.8) is 0 Å². The molecule has 0 aliphatic carbocycles. The largest absolute Gasteiger partial charge is 0.480 e. The highest BCUT2D eigenvalue weighted by Crippen LogP contribution is 1.97. The van der Waals surface area contributed by atoms with E-state index in [9.17, 15) is 18.0 Å². The van der Waals surface area contributed by atoms with E-state index in [0.717, 1.165) is 0 Å². The van der Waals surface area contributed by atoms with Gasteiger partial charge in [-0.1, -0.05) is 0 Å². The van der Waals surface area contributed by atoms with Gasteiger partial charge in [-0.15, -0.1) is 0 Å². The van der Waals surface area contributed by atoms with Gasteiger partial charge in [0.1, 0.15) is 6.04 Å². The molecule has 94 valence electrons. The van der Waals surface area contributed by atoms with Crippen LogP contribution in [-0.4, -0.2) is 48.3 Å². The summed E-state index contributed by atoms with van der Waals surface area (Å²) in [5.41, 5.74) is 4.84. The monoisotopic (exact) mass is 254 g/mol. The quantitative estimate of drug-likeness (QED) is 0.373. The molecular formula is C7H14N2O6S. The molecule has 0 unspecified atom stereocenters. The lowest BCUT2D eigenvalue weighted by Crippen LogP contribution is -2.39. The molecule has 0 aromatic heterocycles. The molecule has 0 bridgehead atoms. The molecule has 0 saturated carbocycles. The Morgan fingerprint density at radius 3 is 2.31 bits per heavy atom. The lowest BCUT2D eigenvalue weighted by atomic mass is 10.1. The Bertz CT molecular complexity index is 352. The smallest absolute Gasteiger partial charge is 0.320 e. The molecule has 1 atom stereocenters. The summed E-state index contributed by atoms with van der Waals surface area (Å²) >= 11 is 0. The maximum Gasteiger partial charge on any atom is 0.320 e. The van der Waals surface area contributed by atoms with Crippen molar-refractivity contribution < 1.29 is 27.7 Å². The first kappa shape index (κ1) is 14.8. The molecule has 0 rings (SSSR count). The van der Waals surface area contributed by atoms with Crippen LogP contribution < -0.4 is 11.1 Å². The van der Waals surface area contributed by atoms with Gasteiger partial charge in [0, 0.05) is 13.0 Å². The molecule has 0 radical (unpaired) electrons. The van der Waals surface area contributed by atoms with E-state index in [1.54, 1.807) is 0 Å². The van der Waals surface area contributed by atoms with Crippen molar-refractivity contribution in [3.8, 4) is 0 Å². The van der Waals surface area contributed by atoms with Crippen LogP contribution in [0.1, 0.15) is 12.8 Å². The van der Waals surface area contributed by atoms with E-state index < -0.39 is 33.8 Å². The van der Waals surface area contributed by atoms with Gasteiger partial charge in [-0.2, -0.15) is 8.42 Å². The molecule has 0 heterocycles. The fourth-order valence-corrected chi connectivity index (χ4v) is 1.34. The molecule has 0 aromatic carbocycles. The molecule has 9 heteroatoms. The Balaban J connectivity index is 4.05. The number of carbonyl (C=O) groups is 2. The normalized spacial score (nSPS) is 13.3. The van der Waals surface area contributed by atoms with Gasteiger partial charge in [-0.05, 0) is 6.42 Å². The van der Waals surface area contributed by atoms with Crippen LogP contribution in [0.15, 0.2) is 0 Å². The number of carboxylic acid groups (broad SMARTS) is 1. The molecular weight excluding hydrogens is 240 g/mol. The molecule has 0 fully saturated rings. The number of nitrogens with one attached hydrogen (secondary N) is 1. The van der Waals surface area contributed by atoms with Gasteiger partial charge < -0.3 is 16.2 Å². The maximum atomic E-state index is 10.6. The van der Waals surface area contributed by atoms with Crippen molar-refractivity contribution >= 4 is 22.0 Å². The van der Waals surface area contributed by atoms with Crippen molar-refractivity contribution in [2.45, 2.75) is 18.9 Å². The molecule has 0 spiro atoms. The van der Waals surface area contributed by atoms with Crippen LogP contribution in [-0.2, 0) is 19.7 Å². The van der Waals surface area contributed by atoms with Crippen LogP contribution in [0.5, 0.6) is 0 Å². The number of primary amides is 1. The summed E-state index contributed by atoms with van der Waals surface area (Å²) in [4.78, 5) is 21.1. The van der Waals surface area contributed by atoms with Crippen molar-refractivity contribution in [1.82, 2.24) is 5.32 Å². The second-order valence-corrected chi connectivity index (χ2v) is 4.71. The first-order valence-electron chi connectivity index (χ1n) is 4.42. The van der Waals surface area contributed by atoms with Crippen LogP contribution >= 0.6 is 0 Å². The van der Waals surface area contributed by atoms with Gasteiger partial charge in [-0.3, -0.25) is 14.1 Å². The third-order valence-corrected chi connectivity index (χ3v) is 2.45. The third kappa shape index (κ3) is 8.15. The van der Waals surface area contributed by atoms with Crippen LogP contribution in [0.2, 0.25) is 0 Å². The SMILES string of the molecule is NC(=O)CC[C@@H](NCCS(=O)(=O)O)C(=O)O. The summed E-state index contributed by atoms with van der Waals surface area (Å²) in [7, 11) is -4.12. The van der Waals surface area contributed by atoms with Crippen LogP contribution in [0.3, 0.4) is 0 Å². The summed E-state index contributed by atoms with van der Waals surface area (Å²) in [5, 5.41) is 11.1. The highest BCUT2D eigenvalue weighted by atomic mass is 32.2. The average Bonchev–Trinajstić information content (AvgIpc) is 2.07. The average molecular weight is 254 g/mol. The number of carboxylic acids is 1. The predicted octanol–water partition coefficient (Wildman–Crippen LogP) is -1.82. The summed E-state index contributed by atoms with van der Waals surface area (Å²) in [6, 6.07) is -1.06. The van der Waals surface area contributed by atoms with E-state index in [-0.39, 0.29) is 19.4 Å². The molecule has 5 N–H and O–H groups in total. The minimum absolute atomic E-state index is 0.0316. The number of hydrogen-bond acceptors (Lipinski definition) is 5. The van der Waals surface area contributed by atoms with E-state index >= 15 is 0 Å². The third-order valence-electron chi connectivity index (χ3n) is 1.73. The number of nitrogens with two attached hydrogens (primary N) is 1. The van der Waals surface area contributed by atoms with Gasteiger partial charge in [0.2, 0.25) is 5.91 Å². The Labute approximate surface area is 92.6 Å². The van der Waals surface area contributed by atoms with Gasteiger partial charge >= 0.3 is 5.97 Å². The van der Waals surface area contributed by atoms with E-state index in [4.69, 9.17) is 15.4 Å². The van der Waals surface area contributed by atoms with E-state index in [1.807, 2.05) is 0 Å². The number of hydrogen-bond donors (Lipinski definition) is 4. The molecule has 16 heavy (non-hydrogen) atoms. The van der Waals surface area contributed by atoms with Crippen LogP contribution in [0.25, 0.3) is 0 Å². The lowest BCUT2D eigenvalue weighted by molar-refractivity contribution is -0.139. The second kappa shape index (κ2) is 6.40. The minimum atomic E-state index is -4.12. The maximum absolute atomic E-state index is 10.6. The van der Waals surface area contributed by atoms with E-state index in [2.05, 4.69) is 5.32 Å². The first-order chi connectivity index (χ1) is 7.22. The Hall–Kier alpha value is -1.19. The van der Waals surface area contributed by atoms with E-state index in [0.29, 0.717) is 0 Å². The number of aliphatic carboxylic acids is 1. The van der Waals surface area contributed by atoms with Gasteiger partial charge in [0.25, 0.3) is 10.1 Å². The number of amides is 1. The van der Waals surface area contributed by atoms with Crippen molar-refractivity contribution in [1.29, 1.82) is 0 Å². The zero-order valence-corrected chi connectivity index (χ0v) is 9.24. The summed E-state index contributed by atoms with van der Waals surface area (Å²) < 4.78 is 29.1. The van der Waals surface area contributed by atoms with Crippen LogP contribution in [0, 0.1) is 0 Å². The predicted molar refractivity (Wildman–Crippen MR) is 54.3 cm³/mol. The summed E-state index contributed by atoms with van der Waals surface area (Å²) in [6.07, 6.45) is -0.147. The Kier molecular flexibility index (Phi) is 5.93. The fourth-order valence-electron chi connectivity index (χ4n) is 0.962. The van der Waals surface area contributed by atoms with Crippen molar-refractivity contribution in [2.24, 2.45) is 5.73 Å². The van der Waals surface area contributed by atoms with Crippen LogP contribution in [0.4, 0.5) is 0 Å². The Morgan fingerprint density at radius 1 is 1.38 bits per heavy atom. The first-order valence-corrected chi connectivity index (χ1v) is 6.03. The zero-order chi connectivity index (χ0) is 12.8. The van der Waals surface area contributed by atoms with Crippen molar-refractivity contribution in [3.05, 3.63) is 0 Å². The lowest BCUT2D eigenvalue weighted by Gasteiger charge is -2.12. The molecule has 8 nitrogen and oxygen atoms in total. The molecule has 1 amide bonds. The highest BCUT2D eigenvalue weighted by molar-refractivity contribution is 7.85. The van der Waals surface area contributed by atoms with Gasteiger partial charge in [0.15, 0.2) is 0 Å². The molecule has 0 aliphatic heterocycles. The Morgan fingerprint density at radius 2 is 1.94 bits per heavy atom. The van der Waals surface area contributed by atoms with Gasteiger partial charge in [-0.25, -0.2) is 0 Å².